The van der Waals surface area contributed by atoms with Crippen molar-refractivity contribution in [3.63, 3.8) is 0 Å². The molecule has 2 heteroatoms. The molecule has 0 unspecified atom stereocenters. The molecule has 0 bridgehead atoms. The van der Waals surface area contributed by atoms with Crippen LogP contribution in [0.1, 0.15) is 90.5 Å². The molecule has 0 radical (unpaired) electrons. The van der Waals surface area contributed by atoms with Crippen LogP contribution >= 0.6 is 17.0 Å². The van der Waals surface area contributed by atoms with Gasteiger partial charge in [0.05, 0.1) is 0 Å². The zero-order chi connectivity index (χ0) is 15.6. The molecule has 2 N–H and O–H groups in total. The summed E-state index contributed by atoms with van der Waals surface area (Å²) < 4.78 is 0. The maximum Gasteiger partial charge on any atom is 0.0352 e. The third-order valence-electron chi connectivity index (χ3n) is 4.60. The molecule has 22 heavy (non-hydrogen) atoms. The summed E-state index contributed by atoms with van der Waals surface area (Å²) in [6.07, 6.45) is 13.8. The fourth-order valence-electron chi connectivity index (χ4n) is 3.13. The Kier molecular flexibility index (Phi) is 11.7. The van der Waals surface area contributed by atoms with Gasteiger partial charge in [-0.25, -0.2) is 0 Å². The molecule has 0 atom stereocenters. The molecular formula is C20H36BrN. The molecule has 0 aromatic heterocycles. The van der Waals surface area contributed by atoms with Gasteiger partial charge in [0.25, 0.3) is 0 Å². The van der Waals surface area contributed by atoms with Crippen molar-refractivity contribution in [1.29, 1.82) is 0 Å². The summed E-state index contributed by atoms with van der Waals surface area (Å²) in [5.41, 5.74) is 8.57. The van der Waals surface area contributed by atoms with E-state index in [1.807, 2.05) is 12.1 Å². The molecule has 0 aliphatic carbocycles. The van der Waals surface area contributed by atoms with Gasteiger partial charge in [-0.2, -0.15) is 0 Å². The van der Waals surface area contributed by atoms with Gasteiger partial charge in [0, 0.05) is 5.69 Å². The van der Waals surface area contributed by atoms with Crippen molar-refractivity contribution < 1.29 is 0 Å². The van der Waals surface area contributed by atoms with Gasteiger partial charge in [0.15, 0.2) is 0 Å². The zero-order valence-electron chi connectivity index (χ0n) is 14.9. The molecule has 1 rings (SSSR count). The lowest BCUT2D eigenvalue weighted by molar-refractivity contribution is 0.442. The monoisotopic (exact) mass is 369 g/mol. The Bertz CT molecular complexity index is 387. The van der Waals surface area contributed by atoms with Crippen LogP contribution in [0.15, 0.2) is 24.3 Å². The van der Waals surface area contributed by atoms with Crippen molar-refractivity contribution in [2.75, 3.05) is 5.73 Å². The van der Waals surface area contributed by atoms with Crippen LogP contribution in [0, 0.1) is 0 Å². The van der Waals surface area contributed by atoms with E-state index in [4.69, 9.17) is 5.73 Å². The topological polar surface area (TPSA) is 26.0 Å². The quantitative estimate of drug-likeness (QED) is 0.328. The maximum absolute atomic E-state index is 6.12. The van der Waals surface area contributed by atoms with E-state index in [-0.39, 0.29) is 22.4 Å². The summed E-state index contributed by atoms with van der Waals surface area (Å²) in [4.78, 5) is 0. The lowest BCUT2D eigenvalue weighted by atomic mass is 9.79. The first kappa shape index (κ1) is 21.5. The molecule has 128 valence electrons. The normalized spacial score (nSPS) is 11.2. The summed E-state index contributed by atoms with van der Waals surface area (Å²) in [5.74, 6) is 0. The summed E-state index contributed by atoms with van der Waals surface area (Å²) in [7, 11) is 0. The van der Waals surface area contributed by atoms with Crippen LogP contribution in [0.5, 0.6) is 0 Å². The summed E-state index contributed by atoms with van der Waals surface area (Å²) in [6.45, 7) is 6.92. The molecular weight excluding hydrogens is 334 g/mol. The van der Waals surface area contributed by atoms with Crippen LogP contribution < -0.4 is 5.73 Å². The fraction of sp³-hybridized carbons (Fsp3) is 0.700. The zero-order valence-corrected chi connectivity index (χ0v) is 16.6. The minimum Gasteiger partial charge on any atom is -0.398 e. The fourth-order valence-corrected chi connectivity index (χ4v) is 3.13. The number of hydrogen-bond acceptors (Lipinski definition) is 1. The predicted molar refractivity (Wildman–Crippen MR) is 106 cm³/mol. The van der Waals surface area contributed by atoms with Crippen LogP contribution in [0.4, 0.5) is 5.69 Å². The third kappa shape index (κ3) is 8.22. The highest BCUT2D eigenvalue weighted by Gasteiger charge is 2.21. The number of para-hydroxylation sites is 1. The first-order valence-electron chi connectivity index (χ1n) is 8.93. The van der Waals surface area contributed by atoms with E-state index in [1.54, 1.807) is 0 Å². The Labute approximate surface area is 148 Å². The van der Waals surface area contributed by atoms with Crippen molar-refractivity contribution in [1.82, 2.24) is 0 Å². The van der Waals surface area contributed by atoms with E-state index in [2.05, 4.69) is 32.9 Å². The van der Waals surface area contributed by atoms with E-state index in [0.717, 1.165) is 5.69 Å². The Hall–Kier alpha value is -0.500. The Morgan fingerprint density at radius 1 is 0.818 bits per heavy atom. The van der Waals surface area contributed by atoms with Gasteiger partial charge in [0.1, 0.15) is 0 Å². The second-order valence-corrected chi connectivity index (χ2v) is 7.05. The molecule has 0 fully saturated rings. The summed E-state index contributed by atoms with van der Waals surface area (Å²) in [6, 6.07) is 8.33. The van der Waals surface area contributed by atoms with Gasteiger partial charge in [-0.15, -0.1) is 17.0 Å². The van der Waals surface area contributed by atoms with Crippen LogP contribution in [0.25, 0.3) is 0 Å². The number of unbranched alkanes of at least 4 members (excludes halogenated alkanes) is 8. The van der Waals surface area contributed by atoms with Gasteiger partial charge < -0.3 is 5.73 Å². The van der Waals surface area contributed by atoms with Crippen LogP contribution in [0.3, 0.4) is 0 Å². The van der Waals surface area contributed by atoms with Crippen LogP contribution in [-0.4, -0.2) is 0 Å². The van der Waals surface area contributed by atoms with E-state index in [1.165, 1.54) is 69.8 Å². The average molecular weight is 370 g/mol. The molecule has 0 saturated carbocycles. The minimum atomic E-state index is 0. The number of nitrogen functional groups attached to an aromatic ring is 1. The first-order chi connectivity index (χ1) is 10.1. The van der Waals surface area contributed by atoms with Crippen molar-refractivity contribution >= 4 is 22.7 Å². The molecule has 0 heterocycles. The minimum absolute atomic E-state index is 0. The molecule has 1 nitrogen and oxygen atoms in total. The average Bonchev–Trinajstić information content (AvgIpc) is 2.46. The predicted octanol–water partition coefficient (Wildman–Crippen LogP) is 7.05. The lowest BCUT2D eigenvalue weighted by Crippen LogP contribution is -2.18. The number of halogens is 1. The number of rotatable bonds is 11. The molecule has 1 aromatic rings. The highest BCUT2D eigenvalue weighted by molar-refractivity contribution is 8.93. The molecule has 0 spiro atoms. The number of hydrogen-bond donors (Lipinski definition) is 1. The lowest BCUT2D eigenvalue weighted by Gasteiger charge is -2.26. The molecule has 0 aliphatic heterocycles. The molecule has 0 aliphatic rings. The maximum atomic E-state index is 6.12. The number of nitrogens with two attached hydrogens (primary N) is 1. The standard InChI is InChI=1S/C20H35N.BrH/c1-4-5-6-7-8-9-10-11-14-17-20(2,3)18-15-12-13-16-19(18)21;/h12-13,15-16H,4-11,14,17,21H2,1-3H3;1H. The van der Waals surface area contributed by atoms with Crippen molar-refractivity contribution in [2.24, 2.45) is 0 Å². The second kappa shape index (κ2) is 12.0. The number of benzene rings is 1. The number of anilines is 1. The van der Waals surface area contributed by atoms with Crippen LogP contribution in [-0.2, 0) is 5.41 Å². The largest absolute Gasteiger partial charge is 0.398 e. The van der Waals surface area contributed by atoms with Crippen molar-refractivity contribution in [3.8, 4) is 0 Å². The Balaban J connectivity index is 0.00000441. The van der Waals surface area contributed by atoms with Gasteiger partial charge in [0.2, 0.25) is 0 Å². The van der Waals surface area contributed by atoms with Gasteiger partial charge >= 0.3 is 0 Å². The van der Waals surface area contributed by atoms with E-state index >= 15 is 0 Å². The molecule has 0 saturated heterocycles. The van der Waals surface area contributed by atoms with E-state index in [9.17, 15) is 0 Å². The van der Waals surface area contributed by atoms with Gasteiger partial charge in [-0.3, -0.25) is 0 Å². The second-order valence-electron chi connectivity index (χ2n) is 7.05. The highest BCUT2D eigenvalue weighted by atomic mass is 79.9. The van der Waals surface area contributed by atoms with Gasteiger partial charge in [-0.1, -0.05) is 96.8 Å². The van der Waals surface area contributed by atoms with Crippen molar-refractivity contribution in [3.05, 3.63) is 29.8 Å². The van der Waals surface area contributed by atoms with Crippen molar-refractivity contribution in [2.45, 2.75) is 90.4 Å². The molecule has 0 amide bonds. The van der Waals surface area contributed by atoms with Gasteiger partial charge in [-0.05, 0) is 23.5 Å². The van der Waals surface area contributed by atoms with E-state index < -0.39 is 0 Å². The third-order valence-corrected chi connectivity index (χ3v) is 4.60. The smallest absolute Gasteiger partial charge is 0.0352 e. The Morgan fingerprint density at radius 3 is 1.86 bits per heavy atom. The summed E-state index contributed by atoms with van der Waals surface area (Å²) in [5, 5.41) is 0. The molecule has 1 aromatic carbocycles. The summed E-state index contributed by atoms with van der Waals surface area (Å²) >= 11 is 0. The van der Waals surface area contributed by atoms with Crippen LogP contribution in [0.2, 0.25) is 0 Å². The Morgan fingerprint density at radius 2 is 1.32 bits per heavy atom. The van der Waals surface area contributed by atoms with E-state index in [0.29, 0.717) is 0 Å². The SMILES string of the molecule is Br.CCCCCCCCCCCC(C)(C)c1ccccc1N. The highest BCUT2D eigenvalue weighted by Crippen LogP contribution is 2.33. The first-order valence-corrected chi connectivity index (χ1v) is 8.93.